The summed E-state index contributed by atoms with van der Waals surface area (Å²) in [4.78, 5) is 16.8. The molecule has 1 atom stereocenters. The van der Waals surface area contributed by atoms with E-state index in [1.54, 1.807) is 41.9 Å². The third-order valence-electron chi connectivity index (χ3n) is 4.06. The topological polar surface area (TPSA) is 60.5 Å². The molecule has 28 heavy (non-hydrogen) atoms. The van der Waals surface area contributed by atoms with Gasteiger partial charge in [-0.05, 0) is 42.8 Å². The molecule has 0 aliphatic rings. The lowest BCUT2D eigenvalue weighted by atomic mass is 10.1. The van der Waals surface area contributed by atoms with Gasteiger partial charge in [0.1, 0.15) is 6.61 Å². The molecule has 0 saturated carbocycles. The van der Waals surface area contributed by atoms with Gasteiger partial charge in [0.05, 0.1) is 24.4 Å². The molecule has 0 fully saturated rings. The second-order valence-corrected chi connectivity index (χ2v) is 7.56. The standard InChI is InChI=1S/C20H18Cl2N2O3S/c1-12(16-5-4-14(21)8-17(16)22)24-20(25)13-3-6-18(19(7-13)26-2)27-9-15-10-28-11-23-15/h3-8,10-12H,9H2,1-2H3,(H,24,25). The van der Waals surface area contributed by atoms with E-state index in [-0.39, 0.29) is 11.9 Å². The van der Waals surface area contributed by atoms with Gasteiger partial charge in [-0.3, -0.25) is 4.79 Å². The van der Waals surface area contributed by atoms with Gasteiger partial charge in [0, 0.05) is 21.0 Å². The summed E-state index contributed by atoms with van der Waals surface area (Å²) in [6.07, 6.45) is 0. The maximum absolute atomic E-state index is 12.6. The predicted molar refractivity (Wildman–Crippen MR) is 112 cm³/mol. The van der Waals surface area contributed by atoms with Crippen LogP contribution in [0.25, 0.3) is 0 Å². The summed E-state index contributed by atoms with van der Waals surface area (Å²) in [7, 11) is 1.53. The number of ether oxygens (including phenoxy) is 2. The summed E-state index contributed by atoms with van der Waals surface area (Å²) in [5.74, 6) is 0.767. The van der Waals surface area contributed by atoms with Gasteiger partial charge in [0.15, 0.2) is 11.5 Å². The Morgan fingerprint density at radius 2 is 2.04 bits per heavy atom. The smallest absolute Gasteiger partial charge is 0.251 e. The van der Waals surface area contributed by atoms with Crippen LogP contribution in [0.2, 0.25) is 10.0 Å². The minimum absolute atomic E-state index is 0.247. The molecule has 1 amide bonds. The van der Waals surface area contributed by atoms with E-state index in [1.165, 1.54) is 18.4 Å². The van der Waals surface area contributed by atoms with Gasteiger partial charge in [-0.1, -0.05) is 29.3 Å². The lowest BCUT2D eigenvalue weighted by molar-refractivity contribution is 0.0939. The van der Waals surface area contributed by atoms with E-state index in [9.17, 15) is 4.79 Å². The van der Waals surface area contributed by atoms with Crippen molar-refractivity contribution in [1.82, 2.24) is 10.3 Å². The maximum Gasteiger partial charge on any atom is 0.251 e. The first-order valence-electron chi connectivity index (χ1n) is 8.41. The van der Waals surface area contributed by atoms with Crippen molar-refractivity contribution in [3.8, 4) is 11.5 Å². The van der Waals surface area contributed by atoms with Crippen molar-refractivity contribution in [2.45, 2.75) is 19.6 Å². The number of rotatable bonds is 7. The van der Waals surface area contributed by atoms with Crippen LogP contribution in [0.3, 0.4) is 0 Å². The minimum Gasteiger partial charge on any atom is -0.493 e. The van der Waals surface area contributed by atoms with E-state index in [4.69, 9.17) is 32.7 Å². The van der Waals surface area contributed by atoms with E-state index in [2.05, 4.69) is 10.3 Å². The number of carbonyl (C=O) groups excluding carboxylic acids is 1. The third kappa shape index (κ3) is 4.95. The van der Waals surface area contributed by atoms with Crippen LogP contribution in [-0.4, -0.2) is 18.0 Å². The Morgan fingerprint density at radius 1 is 1.21 bits per heavy atom. The molecule has 0 aliphatic heterocycles. The molecule has 1 unspecified atom stereocenters. The fourth-order valence-corrected chi connectivity index (χ4v) is 3.71. The highest BCUT2D eigenvalue weighted by Crippen LogP contribution is 2.30. The zero-order chi connectivity index (χ0) is 20.1. The van der Waals surface area contributed by atoms with Crippen molar-refractivity contribution in [1.29, 1.82) is 0 Å². The molecule has 0 spiro atoms. The lowest BCUT2D eigenvalue weighted by Crippen LogP contribution is -2.26. The summed E-state index contributed by atoms with van der Waals surface area (Å²) in [6.45, 7) is 2.19. The second-order valence-electron chi connectivity index (χ2n) is 6.00. The number of halogens is 2. The summed E-state index contributed by atoms with van der Waals surface area (Å²) in [6, 6.07) is 9.93. The molecule has 5 nitrogen and oxygen atoms in total. The van der Waals surface area contributed by atoms with Crippen LogP contribution in [0.5, 0.6) is 11.5 Å². The molecule has 146 valence electrons. The monoisotopic (exact) mass is 436 g/mol. The normalized spacial score (nSPS) is 11.7. The van der Waals surface area contributed by atoms with Crippen LogP contribution in [0.15, 0.2) is 47.3 Å². The highest BCUT2D eigenvalue weighted by molar-refractivity contribution is 7.07. The third-order valence-corrected chi connectivity index (χ3v) is 5.26. The molecule has 1 N–H and O–H groups in total. The summed E-state index contributed by atoms with van der Waals surface area (Å²) < 4.78 is 11.1. The van der Waals surface area contributed by atoms with Gasteiger partial charge in [-0.25, -0.2) is 4.98 Å². The van der Waals surface area contributed by atoms with Gasteiger partial charge < -0.3 is 14.8 Å². The van der Waals surface area contributed by atoms with E-state index in [0.717, 1.165) is 11.3 Å². The molecule has 2 aromatic carbocycles. The van der Waals surface area contributed by atoms with Crippen molar-refractivity contribution >= 4 is 40.4 Å². The number of aromatic nitrogens is 1. The number of nitrogens with zero attached hydrogens (tertiary/aromatic N) is 1. The van der Waals surface area contributed by atoms with Crippen LogP contribution in [0.4, 0.5) is 0 Å². The van der Waals surface area contributed by atoms with Crippen LogP contribution < -0.4 is 14.8 Å². The van der Waals surface area contributed by atoms with Crippen molar-refractivity contribution in [2.75, 3.05) is 7.11 Å². The number of thiazole rings is 1. The first-order valence-corrected chi connectivity index (χ1v) is 10.1. The number of amides is 1. The zero-order valence-electron chi connectivity index (χ0n) is 15.2. The van der Waals surface area contributed by atoms with Crippen LogP contribution in [0, 0.1) is 0 Å². The number of carbonyl (C=O) groups is 1. The van der Waals surface area contributed by atoms with E-state index >= 15 is 0 Å². The second kappa shape index (κ2) is 9.28. The van der Waals surface area contributed by atoms with E-state index < -0.39 is 0 Å². The predicted octanol–water partition coefficient (Wildman–Crippen LogP) is 5.53. The van der Waals surface area contributed by atoms with Gasteiger partial charge in [0.2, 0.25) is 0 Å². The Morgan fingerprint density at radius 3 is 2.71 bits per heavy atom. The molecule has 0 aliphatic carbocycles. The molecule has 3 aromatic rings. The molecule has 0 saturated heterocycles. The van der Waals surface area contributed by atoms with E-state index in [0.29, 0.717) is 33.7 Å². The lowest BCUT2D eigenvalue weighted by Gasteiger charge is -2.17. The van der Waals surface area contributed by atoms with Crippen molar-refractivity contribution in [3.05, 3.63) is 74.2 Å². The maximum atomic E-state index is 12.6. The largest absolute Gasteiger partial charge is 0.493 e. The average molecular weight is 437 g/mol. The molecular weight excluding hydrogens is 419 g/mol. The Balaban J connectivity index is 1.70. The highest BCUT2D eigenvalue weighted by Gasteiger charge is 2.16. The molecule has 1 aromatic heterocycles. The average Bonchev–Trinajstić information content (AvgIpc) is 3.19. The number of methoxy groups -OCH3 is 1. The van der Waals surface area contributed by atoms with Crippen molar-refractivity contribution in [3.63, 3.8) is 0 Å². The number of hydrogen-bond acceptors (Lipinski definition) is 5. The van der Waals surface area contributed by atoms with Crippen LogP contribution in [-0.2, 0) is 6.61 Å². The van der Waals surface area contributed by atoms with E-state index in [1.807, 2.05) is 12.3 Å². The van der Waals surface area contributed by atoms with Crippen LogP contribution >= 0.6 is 34.5 Å². The van der Waals surface area contributed by atoms with Gasteiger partial charge >= 0.3 is 0 Å². The van der Waals surface area contributed by atoms with Gasteiger partial charge in [-0.2, -0.15) is 0 Å². The van der Waals surface area contributed by atoms with Gasteiger partial charge in [0.25, 0.3) is 5.91 Å². The van der Waals surface area contributed by atoms with Crippen LogP contribution in [0.1, 0.15) is 34.6 Å². The summed E-state index contributed by atoms with van der Waals surface area (Å²) in [5.41, 5.74) is 3.82. The quantitative estimate of drug-likeness (QED) is 0.528. The molecule has 0 radical (unpaired) electrons. The number of nitrogens with one attached hydrogen (secondary N) is 1. The molecule has 3 rings (SSSR count). The molecular formula is C20H18Cl2N2O3S. The van der Waals surface area contributed by atoms with Gasteiger partial charge in [-0.15, -0.1) is 11.3 Å². The minimum atomic E-state index is -0.288. The SMILES string of the molecule is COc1cc(C(=O)NC(C)c2ccc(Cl)cc2Cl)ccc1OCc1cscn1. The molecule has 0 bridgehead atoms. The molecule has 8 heteroatoms. The zero-order valence-corrected chi connectivity index (χ0v) is 17.6. The number of hydrogen-bond donors (Lipinski definition) is 1. The fourth-order valence-electron chi connectivity index (χ4n) is 2.60. The highest BCUT2D eigenvalue weighted by atomic mass is 35.5. The van der Waals surface area contributed by atoms with Crippen molar-refractivity contribution in [2.24, 2.45) is 0 Å². The Hall–Kier alpha value is -2.28. The fraction of sp³-hybridized carbons (Fsp3) is 0.200. The summed E-state index contributed by atoms with van der Waals surface area (Å²) in [5, 5.41) is 5.89. The van der Waals surface area contributed by atoms with Crippen molar-refractivity contribution < 1.29 is 14.3 Å². The summed E-state index contributed by atoms with van der Waals surface area (Å²) >= 11 is 13.7. The first kappa shape index (κ1) is 20.5. The Kier molecular flexibility index (Phi) is 6.78. The Labute approximate surface area is 177 Å². The first-order chi connectivity index (χ1) is 13.5. The molecule has 1 heterocycles. The Bertz CT molecular complexity index is 964. The number of benzene rings is 2.